The fourth-order valence-electron chi connectivity index (χ4n) is 3.61. The van der Waals surface area contributed by atoms with Crippen LogP contribution in [0.5, 0.6) is 0 Å². The van der Waals surface area contributed by atoms with Gasteiger partial charge in [0.15, 0.2) is 17.1 Å². The molecule has 140 valence electrons. The zero-order valence-corrected chi connectivity index (χ0v) is 15.9. The highest BCUT2D eigenvalue weighted by Crippen LogP contribution is 2.25. The molecule has 5 rings (SSSR count). The average Bonchev–Trinajstić information content (AvgIpc) is 3.25. The number of fused-ring (bicyclic) bond motifs is 2. The Balaban J connectivity index is 1.42. The Hall–Kier alpha value is -3.03. The zero-order valence-electron chi connectivity index (χ0n) is 15.1. The van der Waals surface area contributed by atoms with Gasteiger partial charge in [0.1, 0.15) is 5.58 Å². The Labute approximate surface area is 165 Å². The largest absolute Gasteiger partial charge is 0.440 e. The second-order valence-corrected chi connectivity index (χ2v) is 7.82. The van der Waals surface area contributed by atoms with Crippen molar-refractivity contribution in [3.63, 3.8) is 0 Å². The first-order chi connectivity index (χ1) is 13.7. The van der Waals surface area contributed by atoms with Gasteiger partial charge in [-0.25, -0.2) is 9.97 Å². The number of rotatable bonds is 3. The molecule has 2 N–H and O–H groups in total. The molecule has 1 aromatic carbocycles. The second-order valence-electron chi connectivity index (χ2n) is 6.87. The lowest BCUT2D eigenvalue weighted by Crippen LogP contribution is -2.33. The summed E-state index contributed by atoms with van der Waals surface area (Å²) >= 11 is 1.64. The summed E-state index contributed by atoms with van der Waals surface area (Å²) in [6, 6.07) is 11.2. The van der Waals surface area contributed by atoms with Crippen LogP contribution in [0.3, 0.4) is 0 Å². The average molecular weight is 390 g/mol. The van der Waals surface area contributed by atoms with Gasteiger partial charge in [0, 0.05) is 37.8 Å². The molecule has 0 radical (unpaired) electrons. The van der Waals surface area contributed by atoms with Crippen molar-refractivity contribution >= 4 is 28.2 Å². The van der Waals surface area contributed by atoms with Crippen molar-refractivity contribution in [2.75, 3.05) is 12.3 Å². The summed E-state index contributed by atoms with van der Waals surface area (Å²) in [5.41, 5.74) is 9.20. The van der Waals surface area contributed by atoms with Crippen molar-refractivity contribution in [2.45, 2.75) is 19.5 Å². The highest BCUT2D eigenvalue weighted by Gasteiger charge is 2.22. The fraction of sp³-hybridized carbons (Fsp3) is 0.190. The molecule has 0 bridgehead atoms. The van der Waals surface area contributed by atoms with Crippen LogP contribution in [-0.2, 0) is 19.5 Å². The molecule has 28 heavy (non-hydrogen) atoms. The molecule has 4 aromatic rings. The number of nitrogens with zero attached hydrogens (tertiary/aromatic N) is 3. The lowest BCUT2D eigenvalue weighted by atomic mass is 10.1. The minimum Gasteiger partial charge on any atom is -0.440 e. The van der Waals surface area contributed by atoms with E-state index in [9.17, 15) is 4.79 Å². The van der Waals surface area contributed by atoms with E-state index >= 15 is 0 Å². The van der Waals surface area contributed by atoms with Crippen molar-refractivity contribution in [3.05, 3.63) is 75.0 Å². The molecular formula is C21H18N4O2S. The van der Waals surface area contributed by atoms with E-state index in [0.29, 0.717) is 29.6 Å². The molecule has 0 aliphatic carbocycles. The van der Waals surface area contributed by atoms with E-state index < -0.39 is 0 Å². The Morgan fingerprint density at radius 3 is 2.96 bits per heavy atom. The summed E-state index contributed by atoms with van der Waals surface area (Å²) in [4.78, 5) is 25.4. The van der Waals surface area contributed by atoms with Crippen molar-refractivity contribution < 1.29 is 4.42 Å². The maximum Gasteiger partial charge on any atom is 0.199 e. The molecular weight excluding hydrogens is 372 g/mol. The molecule has 7 heteroatoms. The molecule has 0 fully saturated rings. The summed E-state index contributed by atoms with van der Waals surface area (Å²) in [6.07, 6.45) is 2.71. The van der Waals surface area contributed by atoms with Gasteiger partial charge in [0.25, 0.3) is 0 Å². The molecule has 0 spiro atoms. The highest BCUT2D eigenvalue weighted by molar-refractivity contribution is 7.13. The van der Waals surface area contributed by atoms with Gasteiger partial charge < -0.3 is 10.2 Å². The monoisotopic (exact) mass is 390 g/mol. The van der Waals surface area contributed by atoms with Crippen LogP contribution in [0.15, 0.2) is 57.2 Å². The van der Waals surface area contributed by atoms with Crippen LogP contribution in [0.2, 0.25) is 0 Å². The number of anilines is 1. The first kappa shape index (κ1) is 17.1. The second kappa shape index (κ2) is 6.85. The van der Waals surface area contributed by atoms with Crippen LogP contribution in [0.25, 0.3) is 21.7 Å². The SMILES string of the molecule is Nc1oc2ccccc2c(=O)c1CN1CCc2nc(-c3cccs3)ncc2C1. The van der Waals surface area contributed by atoms with E-state index in [1.165, 1.54) is 0 Å². The first-order valence-corrected chi connectivity index (χ1v) is 9.98. The topological polar surface area (TPSA) is 85.2 Å². The Morgan fingerprint density at radius 1 is 1.21 bits per heavy atom. The predicted molar refractivity (Wildman–Crippen MR) is 110 cm³/mol. The molecule has 3 aromatic heterocycles. The lowest BCUT2D eigenvalue weighted by Gasteiger charge is -2.28. The van der Waals surface area contributed by atoms with Gasteiger partial charge in [-0.3, -0.25) is 9.69 Å². The standard InChI is InChI=1S/C21H18N4O2S/c22-20-15(19(26)14-4-1-2-5-17(14)27-20)12-25-8-7-16-13(11-25)10-23-21(24-16)18-6-3-9-28-18/h1-6,9-10H,7-8,11-12,22H2. The molecule has 0 saturated heterocycles. The third-order valence-corrected chi connectivity index (χ3v) is 5.93. The molecule has 0 saturated carbocycles. The maximum absolute atomic E-state index is 12.9. The summed E-state index contributed by atoms with van der Waals surface area (Å²) in [5, 5.41) is 2.59. The molecule has 1 aliphatic rings. The minimum atomic E-state index is -0.0607. The van der Waals surface area contributed by atoms with Gasteiger partial charge in [-0.2, -0.15) is 0 Å². The molecule has 0 atom stereocenters. The number of aromatic nitrogens is 2. The first-order valence-electron chi connectivity index (χ1n) is 9.10. The van der Waals surface area contributed by atoms with Crippen LogP contribution in [0.4, 0.5) is 5.88 Å². The van der Waals surface area contributed by atoms with E-state index in [4.69, 9.17) is 15.1 Å². The number of hydrogen-bond acceptors (Lipinski definition) is 7. The van der Waals surface area contributed by atoms with E-state index in [2.05, 4.69) is 9.88 Å². The van der Waals surface area contributed by atoms with Crippen LogP contribution in [0.1, 0.15) is 16.8 Å². The highest BCUT2D eigenvalue weighted by atomic mass is 32.1. The Kier molecular flexibility index (Phi) is 4.18. The maximum atomic E-state index is 12.9. The smallest absolute Gasteiger partial charge is 0.199 e. The van der Waals surface area contributed by atoms with Crippen LogP contribution in [0, 0.1) is 0 Å². The summed E-state index contributed by atoms with van der Waals surface area (Å²) in [5.74, 6) is 0.973. The van der Waals surface area contributed by atoms with Crippen molar-refractivity contribution in [1.29, 1.82) is 0 Å². The predicted octanol–water partition coefficient (Wildman–Crippen LogP) is 3.45. The van der Waals surface area contributed by atoms with Crippen molar-refractivity contribution in [3.8, 4) is 10.7 Å². The van der Waals surface area contributed by atoms with Crippen molar-refractivity contribution in [1.82, 2.24) is 14.9 Å². The quantitative estimate of drug-likeness (QED) is 0.577. The van der Waals surface area contributed by atoms with Gasteiger partial charge in [0.2, 0.25) is 0 Å². The number of nitrogens with two attached hydrogens (primary N) is 1. The molecule has 0 amide bonds. The Bertz CT molecular complexity index is 1220. The van der Waals surface area contributed by atoms with E-state index in [-0.39, 0.29) is 11.3 Å². The summed E-state index contributed by atoms with van der Waals surface area (Å²) < 4.78 is 5.67. The summed E-state index contributed by atoms with van der Waals surface area (Å²) in [7, 11) is 0. The third-order valence-electron chi connectivity index (χ3n) is 5.06. The number of nitrogen functional groups attached to an aromatic ring is 1. The fourth-order valence-corrected chi connectivity index (χ4v) is 4.27. The third kappa shape index (κ3) is 2.98. The van der Waals surface area contributed by atoms with Gasteiger partial charge in [0.05, 0.1) is 21.5 Å². The minimum absolute atomic E-state index is 0.0607. The molecule has 4 heterocycles. The van der Waals surface area contributed by atoms with Gasteiger partial charge in [-0.1, -0.05) is 18.2 Å². The van der Waals surface area contributed by atoms with E-state index in [0.717, 1.165) is 34.9 Å². The molecule has 0 unspecified atom stereocenters. The van der Waals surface area contributed by atoms with Gasteiger partial charge >= 0.3 is 0 Å². The zero-order chi connectivity index (χ0) is 19.1. The summed E-state index contributed by atoms with van der Waals surface area (Å²) in [6.45, 7) is 1.94. The van der Waals surface area contributed by atoms with Crippen LogP contribution < -0.4 is 11.2 Å². The van der Waals surface area contributed by atoms with Gasteiger partial charge in [-0.15, -0.1) is 11.3 Å². The normalized spacial score (nSPS) is 14.3. The van der Waals surface area contributed by atoms with E-state index in [1.54, 1.807) is 23.5 Å². The number of thiophene rings is 1. The lowest BCUT2D eigenvalue weighted by molar-refractivity contribution is 0.241. The Morgan fingerprint density at radius 2 is 2.11 bits per heavy atom. The molecule has 6 nitrogen and oxygen atoms in total. The number of hydrogen-bond donors (Lipinski definition) is 1. The number of para-hydroxylation sites is 1. The molecule has 1 aliphatic heterocycles. The van der Waals surface area contributed by atoms with Crippen LogP contribution >= 0.6 is 11.3 Å². The van der Waals surface area contributed by atoms with Crippen molar-refractivity contribution in [2.24, 2.45) is 0 Å². The van der Waals surface area contributed by atoms with E-state index in [1.807, 2.05) is 35.8 Å². The van der Waals surface area contributed by atoms with Crippen LogP contribution in [-0.4, -0.2) is 21.4 Å². The number of benzene rings is 1. The van der Waals surface area contributed by atoms with Gasteiger partial charge in [-0.05, 0) is 23.6 Å².